The number of nitrogens with two attached hydrogens (primary N) is 1. The third kappa shape index (κ3) is 2.48. The third-order valence-electron chi connectivity index (χ3n) is 3.22. The van der Waals surface area contributed by atoms with Gasteiger partial charge in [-0.25, -0.2) is 0 Å². The van der Waals surface area contributed by atoms with Crippen LogP contribution in [0, 0.1) is 5.92 Å². The van der Waals surface area contributed by atoms with E-state index in [1.54, 1.807) is 0 Å². The Labute approximate surface area is 90.1 Å². The standard InChI is InChI=1S/C10H19N3O2/c11-8-12-2-4-13(5-3-12)10(14)9-1-6-15-7-9/h9H,1-8,11H2. The number of rotatable bonds is 2. The SMILES string of the molecule is NCN1CCN(C(=O)C2CCOC2)CC1. The molecule has 0 saturated carbocycles. The van der Waals surface area contributed by atoms with E-state index in [2.05, 4.69) is 4.90 Å². The number of ether oxygens (including phenoxy) is 1. The second-order valence-electron chi connectivity index (χ2n) is 4.19. The van der Waals surface area contributed by atoms with Crippen LogP contribution in [0.25, 0.3) is 0 Å². The maximum Gasteiger partial charge on any atom is 0.228 e. The third-order valence-corrected chi connectivity index (χ3v) is 3.22. The van der Waals surface area contributed by atoms with Gasteiger partial charge in [0.1, 0.15) is 0 Å². The molecule has 1 amide bonds. The Morgan fingerprint density at radius 1 is 1.33 bits per heavy atom. The number of carbonyl (C=O) groups is 1. The fourth-order valence-corrected chi connectivity index (χ4v) is 2.14. The van der Waals surface area contributed by atoms with Crippen LogP contribution in [0.4, 0.5) is 0 Å². The van der Waals surface area contributed by atoms with Crippen LogP contribution in [0.1, 0.15) is 6.42 Å². The lowest BCUT2D eigenvalue weighted by Gasteiger charge is -2.34. The molecular formula is C10H19N3O2. The Balaban J connectivity index is 1.81. The van der Waals surface area contributed by atoms with Gasteiger partial charge in [-0.1, -0.05) is 0 Å². The van der Waals surface area contributed by atoms with E-state index < -0.39 is 0 Å². The molecule has 2 aliphatic rings. The molecule has 2 saturated heterocycles. The van der Waals surface area contributed by atoms with E-state index in [1.807, 2.05) is 4.90 Å². The van der Waals surface area contributed by atoms with Gasteiger partial charge in [-0.15, -0.1) is 0 Å². The molecule has 1 unspecified atom stereocenters. The summed E-state index contributed by atoms with van der Waals surface area (Å²) in [6.45, 7) is 5.36. The van der Waals surface area contributed by atoms with Crippen LogP contribution < -0.4 is 5.73 Å². The van der Waals surface area contributed by atoms with Crippen molar-refractivity contribution in [1.82, 2.24) is 9.80 Å². The van der Waals surface area contributed by atoms with Gasteiger partial charge in [0.25, 0.3) is 0 Å². The summed E-state index contributed by atoms with van der Waals surface area (Å²) >= 11 is 0. The van der Waals surface area contributed by atoms with Crippen LogP contribution >= 0.6 is 0 Å². The fourth-order valence-electron chi connectivity index (χ4n) is 2.14. The molecule has 2 rings (SSSR count). The summed E-state index contributed by atoms with van der Waals surface area (Å²) in [5, 5.41) is 0. The minimum atomic E-state index is 0.106. The Morgan fingerprint density at radius 2 is 2.07 bits per heavy atom. The van der Waals surface area contributed by atoms with E-state index in [-0.39, 0.29) is 11.8 Å². The van der Waals surface area contributed by atoms with Gasteiger partial charge in [0.15, 0.2) is 0 Å². The molecule has 1 atom stereocenters. The molecule has 2 N–H and O–H groups in total. The zero-order valence-corrected chi connectivity index (χ0v) is 9.02. The van der Waals surface area contributed by atoms with Gasteiger partial charge in [-0.05, 0) is 6.42 Å². The van der Waals surface area contributed by atoms with Crippen LogP contribution in [0.2, 0.25) is 0 Å². The van der Waals surface area contributed by atoms with Crippen LogP contribution in [-0.2, 0) is 9.53 Å². The number of carbonyl (C=O) groups excluding carboxylic acids is 1. The Hall–Kier alpha value is -0.650. The van der Waals surface area contributed by atoms with Crippen molar-refractivity contribution in [2.45, 2.75) is 6.42 Å². The van der Waals surface area contributed by atoms with E-state index in [4.69, 9.17) is 10.5 Å². The average Bonchev–Trinajstić information content (AvgIpc) is 2.82. The van der Waals surface area contributed by atoms with Crippen molar-refractivity contribution in [2.24, 2.45) is 11.7 Å². The lowest BCUT2D eigenvalue weighted by molar-refractivity contribution is -0.137. The van der Waals surface area contributed by atoms with Crippen molar-refractivity contribution in [3.05, 3.63) is 0 Å². The molecule has 0 bridgehead atoms. The average molecular weight is 213 g/mol. The van der Waals surface area contributed by atoms with E-state index in [0.29, 0.717) is 13.3 Å². The quantitative estimate of drug-likeness (QED) is 0.645. The number of piperazine rings is 1. The lowest BCUT2D eigenvalue weighted by Crippen LogP contribution is -2.51. The minimum absolute atomic E-state index is 0.106. The Morgan fingerprint density at radius 3 is 2.60 bits per heavy atom. The molecule has 0 aliphatic carbocycles. The summed E-state index contributed by atoms with van der Waals surface area (Å²) in [5.74, 6) is 0.374. The molecule has 0 radical (unpaired) electrons. The zero-order valence-electron chi connectivity index (χ0n) is 9.02. The maximum atomic E-state index is 12.0. The summed E-state index contributed by atoms with van der Waals surface area (Å²) in [7, 11) is 0. The molecule has 0 aromatic heterocycles. The van der Waals surface area contributed by atoms with Crippen molar-refractivity contribution < 1.29 is 9.53 Å². The first-order valence-electron chi connectivity index (χ1n) is 5.60. The molecule has 5 heteroatoms. The van der Waals surface area contributed by atoms with Crippen LogP contribution in [0.3, 0.4) is 0 Å². The molecule has 86 valence electrons. The van der Waals surface area contributed by atoms with Crippen molar-refractivity contribution in [2.75, 3.05) is 46.1 Å². The lowest BCUT2D eigenvalue weighted by atomic mass is 10.1. The van der Waals surface area contributed by atoms with E-state index >= 15 is 0 Å². The maximum absolute atomic E-state index is 12.0. The highest BCUT2D eigenvalue weighted by Gasteiger charge is 2.29. The van der Waals surface area contributed by atoms with E-state index in [9.17, 15) is 4.79 Å². The molecule has 0 aromatic rings. The highest BCUT2D eigenvalue weighted by Crippen LogP contribution is 2.16. The van der Waals surface area contributed by atoms with Gasteiger partial charge in [0, 0.05) is 39.5 Å². The predicted molar refractivity (Wildman–Crippen MR) is 56.1 cm³/mol. The molecule has 2 aliphatic heterocycles. The van der Waals surface area contributed by atoms with Crippen molar-refractivity contribution in [1.29, 1.82) is 0 Å². The minimum Gasteiger partial charge on any atom is -0.381 e. The van der Waals surface area contributed by atoms with Gasteiger partial charge in [0.05, 0.1) is 12.5 Å². The first-order chi connectivity index (χ1) is 7.31. The number of nitrogens with zero attached hydrogens (tertiary/aromatic N) is 2. The van der Waals surface area contributed by atoms with Gasteiger partial charge in [-0.3, -0.25) is 9.69 Å². The summed E-state index contributed by atoms with van der Waals surface area (Å²) in [6.07, 6.45) is 0.885. The highest BCUT2D eigenvalue weighted by atomic mass is 16.5. The zero-order chi connectivity index (χ0) is 10.7. The smallest absolute Gasteiger partial charge is 0.228 e. The number of hydrogen-bond acceptors (Lipinski definition) is 4. The molecule has 0 aromatic carbocycles. The molecule has 15 heavy (non-hydrogen) atoms. The summed E-state index contributed by atoms with van der Waals surface area (Å²) in [4.78, 5) is 16.1. The highest BCUT2D eigenvalue weighted by molar-refractivity contribution is 5.79. The fraction of sp³-hybridized carbons (Fsp3) is 0.900. The molecular weight excluding hydrogens is 194 g/mol. The molecule has 0 spiro atoms. The predicted octanol–water partition coefficient (Wildman–Crippen LogP) is -0.917. The topological polar surface area (TPSA) is 58.8 Å². The van der Waals surface area contributed by atoms with Crippen molar-refractivity contribution in [3.63, 3.8) is 0 Å². The van der Waals surface area contributed by atoms with Gasteiger partial charge in [0.2, 0.25) is 5.91 Å². The first-order valence-corrected chi connectivity index (χ1v) is 5.60. The number of amides is 1. The Bertz CT molecular complexity index is 221. The Kier molecular flexibility index (Phi) is 3.56. The molecule has 2 heterocycles. The van der Waals surface area contributed by atoms with E-state index in [0.717, 1.165) is 39.2 Å². The van der Waals surface area contributed by atoms with Crippen LogP contribution in [0.15, 0.2) is 0 Å². The molecule has 5 nitrogen and oxygen atoms in total. The van der Waals surface area contributed by atoms with E-state index in [1.165, 1.54) is 0 Å². The second kappa shape index (κ2) is 4.92. The van der Waals surface area contributed by atoms with Gasteiger partial charge < -0.3 is 15.4 Å². The molecule has 2 fully saturated rings. The monoisotopic (exact) mass is 213 g/mol. The normalized spacial score (nSPS) is 28.3. The first kappa shape index (κ1) is 10.9. The van der Waals surface area contributed by atoms with Gasteiger partial charge in [-0.2, -0.15) is 0 Å². The van der Waals surface area contributed by atoms with Crippen LogP contribution in [-0.4, -0.2) is 61.8 Å². The van der Waals surface area contributed by atoms with Crippen LogP contribution in [0.5, 0.6) is 0 Å². The van der Waals surface area contributed by atoms with Gasteiger partial charge >= 0.3 is 0 Å². The summed E-state index contributed by atoms with van der Waals surface area (Å²) in [5.41, 5.74) is 5.55. The summed E-state index contributed by atoms with van der Waals surface area (Å²) < 4.78 is 5.23. The second-order valence-corrected chi connectivity index (χ2v) is 4.19. The van der Waals surface area contributed by atoms with Crippen molar-refractivity contribution >= 4 is 5.91 Å². The largest absolute Gasteiger partial charge is 0.381 e. The number of hydrogen-bond donors (Lipinski definition) is 1. The van der Waals surface area contributed by atoms with Crippen molar-refractivity contribution in [3.8, 4) is 0 Å². The summed E-state index contributed by atoms with van der Waals surface area (Å²) in [6, 6.07) is 0.